The van der Waals surface area contributed by atoms with Crippen molar-refractivity contribution in [1.29, 1.82) is 0 Å². The van der Waals surface area contributed by atoms with Gasteiger partial charge in [-0.15, -0.1) is 0 Å². The van der Waals surface area contributed by atoms with E-state index in [4.69, 9.17) is 0 Å². The molecule has 3 aliphatic rings. The first-order chi connectivity index (χ1) is 12.2. The van der Waals surface area contributed by atoms with Crippen LogP contribution in [0.5, 0.6) is 0 Å². The number of carbonyl (C=O) groups is 3. The van der Waals surface area contributed by atoms with Gasteiger partial charge >= 0.3 is 0 Å². The van der Waals surface area contributed by atoms with Gasteiger partial charge in [-0.2, -0.15) is 0 Å². The highest BCUT2D eigenvalue weighted by molar-refractivity contribution is 5.97. The molecule has 8 nitrogen and oxygen atoms in total. The predicted octanol–water partition coefficient (Wildman–Crippen LogP) is 0.0258. The highest BCUT2D eigenvalue weighted by Gasteiger charge is 2.32. The van der Waals surface area contributed by atoms with Crippen LogP contribution in [0, 0.1) is 0 Å². The Hall–Kier alpha value is -2.38. The fourth-order valence-electron chi connectivity index (χ4n) is 3.55. The molecular weight excluding hydrogens is 322 g/mol. The van der Waals surface area contributed by atoms with Gasteiger partial charge in [0.2, 0.25) is 6.41 Å². The van der Waals surface area contributed by atoms with Gasteiger partial charge in [0.1, 0.15) is 5.69 Å². The van der Waals surface area contributed by atoms with Crippen LogP contribution in [0.25, 0.3) is 0 Å². The van der Waals surface area contributed by atoms with Gasteiger partial charge in [-0.05, 0) is 32.1 Å². The van der Waals surface area contributed by atoms with Crippen molar-refractivity contribution in [2.75, 3.05) is 26.2 Å². The molecule has 0 unspecified atom stereocenters. The van der Waals surface area contributed by atoms with Crippen LogP contribution in [0.4, 0.5) is 0 Å². The lowest BCUT2D eigenvalue weighted by atomic mass is 10.1. The van der Waals surface area contributed by atoms with Crippen molar-refractivity contribution < 1.29 is 14.4 Å². The zero-order valence-electron chi connectivity index (χ0n) is 14.2. The van der Waals surface area contributed by atoms with Crippen molar-refractivity contribution in [3.8, 4) is 0 Å². The predicted molar refractivity (Wildman–Crippen MR) is 89.2 cm³/mol. The van der Waals surface area contributed by atoms with Crippen molar-refractivity contribution in [2.45, 2.75) is 44.7 Å². The van der Waals surface area contributed by atoms with Crippen molar-refractivity contribution in [3.05, 3.63) is 17.2 Å². The molecule has 25 heavy (non-hydrogen) atoms. The first kappa shape index (κ1) is 16.1. The zero-order valence-corrected chi connectivity index (χ0v) is 14.2. The Morgan fingerprint density at radius 2 is 1.84 bits per heavy atom. The molecule has 1 aliphatic carbocycles. The molecule has 0 spiro atoms. The quantitative estimate of drug-likeness (QED) is 0.780. The Morgan fingerprint density at radius 1 is 1.08 bits per heavy atom. The Kier molecular flexibility index (Phi) is 4.19. The third-order valence-corrected chi connectivity index (χ3v) is 5.19. The van der Waals surface area contributed by atoms with E-state index in [9.17, 15) is 14.4 Å². The monoisotopic (exact) mass is 345 g/mol. The Morgan fingerprint density at radius 3 is 2.52 bits per heavy atom. The van der Waals surface area contributed by atoms with Gasteiger partial charge in [-0.3, -0.25) is 14.4 Å². The van der Waals surface area contributed by atoms with E-state index in [0.29, 0.717) is 37.7 Å². The average molecular weight is 345 g/mol. The molecule has 8 heteroatoms. The molecular formula is C17H23N5O3. The Balaban J connectivity index is 1.58. The number of rotatable bonds is 4. The number of carbonyl (C=O) groups excluding carboxylic acids is 3. The summed E-state index contributed by atoms with van der Waals surface area (Å²) in [6, 6.07) is 0.264. The molecule has 2 aliphatic heterocycles. The van der Waals surface area contributed by atoms with E-state index in [1.54, 1.807) is 9.80 Å². The second kappa shape index (κ2) is 6.50. The number of nitrogens with zero attached hydrogens (tertiary/aromatic N) is 4. The van der Waals surface area contributed by atoms with Crippen molar-refractivity contribution in [1.82, 2.24) is 24.7 Å². The van der Waals surface area contributed by atoms with Crippen molar-refractivity contribution in [3.63, 3.8) is 0 Å². The van der Waals surface area contributed by atoms with Gasteiger partial charge in [0.25, 0.3) is 11.8 Å². The molecule has 1 saturated heterocycles. The van der Waals surface area contributed by atoms with Gasteiger partial charge in [0.15, 0.2) is 5.82 Å². The van der Waals surface area contributed by atoms with E-state index in [-0.39, 0.29) is 17.9 Å². The molecule has 3 amide bonds. The molecule has 0 atom stereocenters. The summed E-state index contributed by atoms with van der Waals surface area (Å²) in [7, 11) is 0. The SMILES string of the molecule is O=CN1CCN(C(=O)c2nc(C(=O)NC3CC3)n3c2CCCC3)CC1. The third kappa shape index (κ3) is 3.12. The molecule has 4 rings (SSSR count). The highest BCUT2D eigenvalue weighted by atomic mass is 16.2. The van der Waals surface area contributed by atoms with Gasteiger partial charge in [-0.25, -0.2) is 4.98 Å². The Bertz CT molecular complexity index is 701. The molecule has 1 aromatic rings. The number of hydrogen-bond acceptors (Lipinski definition) is 4. The minimum Gasteiger partial charge on any atom is -0.347 e. The van der Waals surface area contributed by atoms with Crippen LogP contribution >= 0.6 is 0 Å². The van der Waals surface area contributed by atoms with Gasteiger partial charge in [0, 0.05) is 38.8 Å². The van der Waals surface area contributed by atoms with Crippen LogP contribution in [-0.2, 0) is 17.8 Å². The largest absolute Gasteiger partial charge is 0.347 e. The molecule has 1 aromatic heterocycles. The van der Waals surface area contributed by atoms with E-state index >= 15 is 0 Å². The third-order valence-electron chi connectivity index (χ3n) is 5.19. The number of fused-ring (bicyclic) bond motifs is 1. The van der Waals surface area contributed by atoms with E-state index in [1.165, 1.54) is 0 Å². The van der Waals surface area contributed by atoms with Crippen molar-refractivity contribution >= 4 is 18.2 Å². The van der Waals surface area contributed by atoms with E-state index in [1.807, 2.05) is 4.57 Å². The second-order valence-electron chi connectivity index (χ2n) is 7.02. The van der Waals surface area contributed by atoms with E-state index in [2.05, 4.69) is 10.3 Å². The number of aromatic nitrogens is 2. The van der Waals surface area contributed by atoms with E-state index in [0.717, 1.165) is 50.8 Å². The fraction of sp³-hybridized carbons (Fsp3) is 0.647. The lowest BCUT2D eigenvalue weighted by Crippen LogP contribution is -2.48. The van der Waals surface area contributed by atoms with Crippen LogP contribution < -0.4 is 5.32 Å². The normalized spacial score (nSPS) is 20.2. The van der Waals surface area contributed by atoms with Gasteiger partial charge in [-0.1, -0.05) is 0 Å². The fourth-order valence-corrected chi connectivity index (χ4v) is 3.55. The maximum atomic E-state index is 12.9. The Labute approximate surface area is 146 Å². The number of imidazole rings is 1. The van der Waals surface area contributed by atoms with Crippen LogP contribution in [0.3, 0.4) is 0 Å². The first-order valence-corrected chi connectivity index (χ1v) is 9.06. The summed E-state index contributed by atoms with van der Waals surface area (Å²) in [4.78, 5) is 44.1. The summed E-state index contributed by atoms with van der Waals surface area (Å²) < 4.78 is 1.93. The highest BCUT2D eigenvalue weighted by Crippen LogP contribution is 2.24. The van der Waals surface area contributed by atoms with Crippen LogP contribution in [-0.4, -0.2) is 69.8 Å². The second-order valence-corrected chi connectivity index (χ2v) is 7.02. The standard InChI is InChI=1S/C17H23N5O3/c23-11-20-7-9-21(10-8-20)17(25)14-13-3-1-2-6-22(13)15(19-14)16(24)18-12-4-5-12/h11-12H,1-10H2,(H,18,24). The summed E-state index contributed by atoms with van der Waals surface area (Å²) in [5, 5.41) is 2.97. The maximum absolute atomic E-state index is 12.9. The average Bonchev–Trinajstić information content (AvgIpc) is 3.38. The van der Waals surface area contributed by atoms with Crippen LogP contribution in [0.2, 0.25) is 0 Å². The smallest absolute Gasteiger partial charge is 0.287 e. The lowest BCUT2D eigenvalue weighted by molar-refractivity contribution is -0.119. The first-order valence-electron chi connectivity index (χ1n) is 9.06. The number of nitrogens with one attached hydrogen (secondary N) is 1. The van der Waals surface area contributed by atoms with Gasteiger partial charge in [0.05, 0.1) is 5.69 Å². The molecule has 0 radical (unpaired) electrons. The van der Waals surface area contributed by atoms with Gasteiger partial charge < -0.3 is 19.7 Å². The summed E-state index contributed by atoms with van der Waals surface area (Å²) in [6.45, 7) is 2.84. The molecule has 134 valence electrons. The number of amides is 3. The maximum Gasteiger partial charge on any atom is 0.287 e. The number of hydrogen-bond donors (Lipinski definition) is 1. The molecule has 3 heterocycles. The molecule has 2 fully saturated rings. The topological polar surface area (TPSA) is 87.5 Å². The summed E-state index contributed by atoms with van der Waals surface area (Å²) >= 11 is 0. The lowest BCUT2D eigenvalue weighted by Gasteiger charge is -2.32. The summed E-state index contributed by atoms with van der Waals surface area (Å²) in [5.41, 5.74) is 1.30. The van der Waals surface area contributed by atoms with E-state index < -0.39 is 0 Å². The summed E-state index contributed by atoms with van der Waals surface area (Å²) in [6.07, 6.45) is 5.64. The molecule has 1 N–H and O–H groups in total. The minimum atomic E-state index is -0.171. The van der Waals surface area contributed by atoms with Crippen molar-refractivity contribution in [2.24, 2.45) is 0 Å². The minimum absolute atomic E-state index is 0.123. The molecule has 1 saturated carbocycles. The molecule has 0 bridgehead atoms. The van der Waals surface area contributed by atoms with Crippen LogP contribution in [0.15, 0.2) is 0 Å². The zero-order chi connectivity index (χ0) is 17.4. The summed E-state index contributed by atoms with van der Waals surface area (Å²) in [5.74, 6) is 0.0774. The van der Waals surface area contributed by atoms with Crippen LogP contribution in [0.1, 0.15) is 52.5 Å². The molecule has 0 aromatic carbocycles. The number of piperazine rings is 1.